The van der Waals surface area contributed by atoms with E-state index in [2.05, 4.69) is 26.5 Å². The summed E-state index contributed by atoms with van der Waals surface area (Å²) in [6, 6.07) is 17.7. The van der Waals surface area contributed by atoms with Crippen molar-refractivity contribution in [3.63, 3.8) is 0 Å². The van der Waals surface area contributed by atoms with Crippen LogP contribution in [0.5, 0.6) is 17.2 Å². The van der Waals surface area contributed by atoms with Crippen LogP contribution in [0.3, 0.4) is 0 Å². The molecule has 8 nitrogen and oxygen atoms in total. The molecule has 0 heterocycles. The molecule has 0 unspecified atom stereocenters. The maximum absolute atomic E-state index is 10.8. The second-order valence-electron chi connectivity index (χ2n) is 6.88. The van der Waals surface area contributed by atoms with Crippen LogP contribution in [0.2, 0.25) is 0 Å². The van der Waals surface area contributed by atoms with Gasteiger partial charge < -0.3 is 19.6 Å². The van der Waals surface area contributed by atoms with Gasteiger partial charge >= 0.3 is 0 Å². The summed E-state index contributed by atoms with van der Waals surface area (Å²) in [6.45, 7) is 3.12. The predicted octanol–water partition coefficient (Wildman–Crippen LogP) is 5.47. The minimum absolute atomic E-state index is 0.0397. The number of rotatable bonds is 11. The summed E-state index contributed by atoms with van der Waals surface area (Å²) in [7, 11) is 1.64. The van der Waals surface area contributed by atoms with Gasteiger partial charge in [0.25, 0.3) is 5.69 Å². The van der Waals surface area contributed by atoms with Crippen molar-refractivity contribution in [3.8, 4) is 17.2 Å². The number of benzene rings is 3. The van der Waals surface area contributed by atoms with Crippen molar-refractivity contribution >= 4 is 27.8 Å². The molecule has 33 heavy (non-hydrogen) atoms. The van der Waals surface area contributed by atoms with E-state index in [4.69, 9.17) is 14.2 Å². The Bertz CT molecular complexity index is 1120. The Morgan fingerprint density at radius 1 is 1.09 bits per heavy atom. The van der Waals surface area contributed by atoms with Crippen molar-refractivity contribution in [1.82, 2.24) is 5.43 Å². The van der Waals surface area contributed by atoms with Gasteiger partial charge in [-0.05, 0) is 64.3 Å². The number of ether oxygens (including phenoxy) is 3. The van der Waals surface area contributed by atoms with E-state index in [1.807, 2.05) is 43.3 Å². The first kappa shape index (κ1) is 24.1. The first-order valence-electron chi connectivity index (χ1n) is 10.2. The molecule has 0 saturated heterocycles. The van der Waals surface area contributed by atoms with Crippen molar-refractivity contribution in [1.29, 1.82) is 0 Å². The summed E-state index contributed by atoms with van der Waals surface area (Å²) in [4.78, 5) is 10.4. The van der Waals surface area contributed by atoms with Gasteiger partial charge in [-0.1, -0.05) is 18.2 Å². The highest BCUT2D eigenvalue weighted by Gasteiger charge is 2.13. The van der Waals surface area contributed by atoms with E-state index in [9.17, 15) is 10.1 Å². The second-order valence-corrected chi connectivity index (χ2v) is 7.73. The molecule has 0 saturated carbocycles. The molecule has 0 atom stereocenters. The van der Waals surface area contributed by atoms with Gasteiger partial charge in [0.05, 0.1) is 35.9 Å². The lowest BCUT2D eigenvalue weighted by molar-refractivity contribution is -0.384. The number of hydrogen-bond donors (Lipinski definition) is 1. The Morgan fingerprint density at radius 3 is 2.55 bits per heavy atom. The van der Waals surface area contributed by atoms with Gasteiger partial charge in [0.1, 0.15) is 12.4 Å². The molecule has 3 aromatic carbocycles. The van der Waals surface area contributed by atoms with E-state index < -0.39 is 4.92 Å². The van der Waals surface area contributed by atoms with E-state index in [-0.39, 0.29) is 12.3 Å². The third kappa shape index (κ3) is 6.69. The summed E-state index contributed by atoms with van der Waals surface area (Å²) in [5, 5.41) is 15.1. The van der Waals surface area contributed by atoms with Crippen LogP contribution in [-0.4, -0.2) is 24.9 Å². The number of nitrogens with zero attached hydrogens (tertiary/aromatic N) is 2. The molecule has 0 aliphatic rings. The van der Waals surface area contributed by atoms with Crippen LogP contribution in [0.25, 0.3) is 0 Å². The normalized spacial score (nSPS) is 10.8. The maximum Gasteiger partial charge on any atom is 0.269 e. The van der Waals surface area contributed by atoms with Crippen molar-refractivity contribution in [2.75, 3.05) is 13.7 Å². The molecule has 3 aromatic rings. The van der Waals surface area contributed by atoms with E-state index in [0.29, 0.717) is 29.1 Å². The average Bonchev–Trinajstić information content (AvgIpc) is 2.82. The molecule has 172 valence electrons. The molecular weight excluding hydrogens is 490 g/mol. The minimum Gasteiger partial charge on any atom is -0.496 e. The van der Waals surface area contributed by atoms with Crippen LogP contribution in [0.1, 0.15) is 23.6 Å². The highest BCUT2D eigenvalue weighted by atomic mass is 79.9. The minimum atomic E-state index is -0.431. The lowest BCUT2D eigenvalue weighted by Gasteiger charge is -2.14. The zero-order valence-corrected chi connectivity index (χ0v) is 19.9. The topological polar surface area (TPSA) is 95.2 Å². The molecule has 9 heteroatoms. The fourth-order valence-electron chi connectivity index (χ4n) is 3.03. The molecular formula is C24H24BrN3O5. The summed E-state index contributed by atoms with van der Waals surface area (Å²) >= 11 is 3.54. The van der Waals surface area contributed by atoms with Gasteiger partial charge in [0, 0.05) is 17.7 Å². The van der Waals surface area contributed by atoms with Gasteiger partial charge in [0.15, 0.2) is 11.5 Å². The van der Waals surface area contributed by atoms with Gasteiger partial charge in [-0.15, -0.1) is 0 Å². The van der Waals surface area contributed by atoms with E-state index in [1.165, 1.54) is 12.1 Å². The first-order chi connectivity index (χ1) is 16.0. The van der Waals surface area contributed by atoms with Crippen LogP contribution >= 0.6 is 15.9 Å². The van der Waals surface area contributed by atoms with Crippen molar-refractivity contribution < 1.29 is 19.1 Å². The van der Waals surface area contributed by atoms with Crippen LogP contribution in [0.15, 0.2) is 70.2 Å². The molecule has 0 fully saturated rings. The Labute approximate surface area is 200 Å². The largest absolute Gasteiger partial charge is 0.496 e. The summed E-state index contributed by atoms with van der Waals surface area (Å²) in [6.07, 6.45) is 1.70. The van der Waals surface area contributed by atoms with Crippen molar-refractivity contribution in [2.24, 2.45) is 5.10 Å². The SMILES string of the molecule is CCOc1cc(/C=N\NCc2ccccc2OC)cc(Br)c1OCc1ccc([N+](=O)[O-])cc1. The van der Waals surface area contributed by atoms with Crippen LogP contribution < -0.4 is 19.6 Å². The van der Waals surface area contributed by atoms with Gasteiger partial charge in [-0.25, -0.2) is 0 Å². The Kier molecular flexibility index (Phi) is 8.65. The number of non-ortho nitro benzene ring substituents is 1. The Balaban J connectivity index is 1.68. The maximum atomic E-state index is 10.8. The highest BCUT2D eigenvalue weighted by molar-refractivity contribution is 9.10. The fraction of sp³-hybridized carbons (Fsp3) is 0.208. The average molecular weight is 514 g/mol. The quantitative estimate of drug-likeness (QED) is 0.207. The van der Waals surface area contributed by atoms with Crippen molar-refractivity contribution in [3.05, 3.63) is 91.9 Å². The number of para-hydroxylation sites is 1. The van der Waals surface area contributed by atoms with Gasteiger partial charge in [-0.3, -0.25) is 10.1 Å². The number of hydrogen-bond acceptors (Lipinski definition) is 7. The van der Waals surface area contributed by atoms with Gasteiger partial charge in [0.2, 0.25) is 0 Å². The number of nitro groups is 1. The van der Waals surface area contributed by atoms with Crippen LogP contribution in [0.4, 0.5) is 5.69 Å². The summed E-state index contributed by atoms with van der Waals surface area (Å²) in [5.74, 6) is 1.92. The smallest absolute Gasteiger partial charge is 0.269 e. The van der Waals surface area contributed by atoms with E-state index >= 15 is 0 Å². The molecule has 0 aromatic heterocycles. The number of halogens is 1. The lowest BCUT2D eigenvalue weighted by Crippen LogP contribution is -2.07. The van der Waals surface area contributed by atoms with E-state index in [0.717, 1.165) is 22.4 Å². The number of nitrogens with one attached hydrogen (secondary N) is 1. The monoisotopic (exact) mass is 513 g/mol. The standard InChI is InChI=1S/C24H24BrN3O5/c1-3-32-23-13-18(14-26-27-15-19-6-4-5-7-22(19)31-2)12-21(25)24(23)33-16-17-8-10-20(11-9-17)28(29)30/h4-14,27H,3,15-16H2,1-2H3/b26-14-. The molecule has 0 aliphatic carbocycles. The zero-order chi connectivity index (χ0) is 23.6. The predicted molar refractivity (Wildman–Crippen MR) is 130 cm³/mol. The van der Waals surface area contributed by atoms with Gasteiger partial charge in [-0.2, -0.15) is 5.10 Å². The number of methoxy groups -OCH3 is 1. The second kappa shape index (κ2) is 11.9. The summed E-state index contributed by atoms with van der Waals surface area (Å²) < 4.78 is 17.8. The third-order valence-corrected chi connectivity index (χ3v) is 5.22. The summed E-state index contributed by atoms with van der Waals surface area (Å²) in [5.41, 5.74) is 5.69. The van der Waals surface area contributed by atoms with E-state index in [1.54, 1.807) is 25.5 Å². The first-order valence-corrected chi connectivity index (χ1v) is 11.0. The number of hydrazone groups is 1. The molecule has 0 radical (unpaired) electrons. The zero-order valence-electron chi connectivity index (χ0n) is 18.3. The third-order valence-electron chi connectivity index (χ3n) is 4.63. The molecule has 3 rings (SSSR count). The highest BCUT2D eigenvalue weighted by Crippen LogP contribution is 2.37. The fourth-order valence-corrected chi connectivity index (χ4v) is 3.61. The molecule has 0 amide bonds. The number of nitro benzene ring substituents is 1. The Hall–Kier alpha value is -3.59. The molecule has 0 bridgehead atoms. The van der Waals surface area contributed by atoms with Crippen molar-refractivity contribution in [2.45, 2.75) is 20.1 Å². The van der Waals surface area contributed by atoms with Crippen LogP contribution in [0, 0.1) is 10.1 Å². The molecule has 0 aliphatic heterocycles. The Morgan fingerprint density at radius 2 is 1.85 bits per heavy atom. The lowest BCUT2D eigenvalue weighted by atomic mass is 10.2. The molecule has 1 N–H and O–H groups in total. The molecule has 0 spiro atoms. The van der Waals surface area contributed by atoms with Crippen LogP contribution in [-0.2, 0) is 13.2 Å².